The standard InChI is InChI=1S/C13H18N2O2/c1-15(11-5-3-7-14-9-11)13(17)10-4-2-6-12(16)8-10/h2,4,6,8,11,14,16H,3,5,7,9H2,1H3/t11-/m1/s1. The quantitative estimate of drug-likeness (QED) is 0.809. The van der Waals surface area contributed by atoms with Crippen molar-refractivity contribution >= 4 is 5.91 Å². The van der Waals surface area contributed by atoms with Crippen LogP contribution in [-0.2, 0) is 0 Å². The van der Waals surface area contributed by atoms with Gasteiger partial charge in [0.1, 0.15) is 5.75 Å². The first-order valence-electron chi connectivity index (χ1n) is 5.95. The largest absolute Gasteiger partial charge is 0.508 e. The van der Waals surface area contributed by atoms with Crippen LogP contribution in [0.4, 0.5) is 0 Å². The first-order valence-corrected chi connectivity index (χ1v) is 5.95. The van der Waals surface area contributed by atoms with Gasteiger partial charge in [0, 0.05) is 25.2 Å². The Labute approximate surface area is 101 Å². The lowest BCUT2D eigenvalue weighted by Crippen LogP contribution is -2.46. The van der Waals surface area contributed by atoms with Crippen LogP contribution in [0.2, 0.25) is 0 Å². The molecule has 0 unspecified atom stereocenters. The summed E-state index contributed by atoms with van der Waals surface area (Å²) in [6.07, 6.45) is 2.14. The molecule has 1 amide bonds. The number of phenols is 1. The number of rotatable bonds is 2. The van der Waals surface area contributed by atoms with Gasteiger partial charge in [-0.1, -0.05) is 6.07 Å². The zero-order valence-electron chi connectivity index (χ0n) is 10.0. The summed E-state index contributed by atoms with van der Waals surface area (Å²) in [7, 11) is 1.82. The Morgan fingerprint density at radius 3 is 3.00 bits per heavy atom. The van der Waals surface area contributed by atoms with Gasteiger partial charge in [-0.15, -0.1) is 0 Å². The Kier molecular flexibility index (Phi) is 3.64. The molecular weight excluding hydrogens is 216 g/mol. The van der Waals surface area contributed by atoms with E-state index in [-0.39, 0.29) is 17.7 Å². The number of amides is 1. The number of hydrogen-bond acceptors (Lipinski definition) is 3. The van der Waals surface area contributed by atoms with Gasteiger partial charge in [-0.05, 0) is 37.6 Å². The fraction of sp³-hybridized carbons (Fsp3) is 0.462. The fourth-order valence-electron chi connectivity index (χ4n) is 2.17. The Hall–Kier alpha value is -1.55. The summed E-state index contributed by atoms with van der Waals surface area (Å²) in [5.74, 6) is 0.0978. The highest BCUT2D eigenvalue weighted by molar-refractivity contribution is 5.94. The molecule has 2 N–H and O–H groups in total. The van der Waals surface area contributed by atoms with E-state index in [1.54, 1.807) is 23.1 Å². The van der Waals surface area contributed by atoms with Crippen LogP contribution in [0.5, 0.6) is 5.75 Å². The highest BCUT2D eigenvalue weighted by Crippen LogP contribution is 2.16. The molecule has 0 bridgehead atoms. The molecular formula is C13H18N2O2. The lowest BCUT2D eigenvalue weighted by atomic mass is 10.1. The number of phenolic OH excluding ortho intramolecular Hbond substituents is 1. The maximum Gasteiger partial charge on any atom is 0.254 e. The molecule has 4 heteroatoms. The van der Waals surface area contributed by atoms with Crippen LogP contribution in [0, 0.1) is 0 Å². The predicted molar refractivity (Wildman–Crippen MR) is 66.1 cm³/mol. The molecule has 4 nitrogen and oxygen atoms in total. The first kappa shape index (κ1) is 11.9. The zero-order chi connectivity index (χ0) is 12.3. The highest BCUT2D eigenvalue weighted by atomic mass is 16.3. The molecule has 2 rings (SSSR count). The van der Waals surface area contributed by atoms with Crippen LogP contribution >= 0.6 is 0 Å². The lowest BCUT2D eigenvalue weighted by Gasteiger charge is -2.31. The molecule has 1 aromatic rings. The van der Waals surface area contributed by atoms with E-state index in [1.807, 2.05) is 7.05 Å². The van der Waals surface area contributed by atoms with Crippen LogP contribution in [0.3, 0.4) is 0 Å². The average Bonchev–Trinajstić information content (AvgIpc) is 2.38. The SMILES string of the molecule is CN(C(=O)c1cccc(O)c1)[C@@H]1CCCNC1. The number of aromatic hydroxyl groups is 1. The third-order valence-electron chi connectivity index (χ3n) is 3.23. The number of piperidine rings is 1. The molecule has 1 atom stereocenters. The maximum atomic E-state index is 12.2. The summed E-state index contributed by atoms with van der Waals surface area (Å²) >= 11 is 0. The van der Waals surface area contributed by atoms with Crippen LogP contribution in [0.1, 0.15) is 23.2 Å². The van der Waals surface area contributed by atoms with Crippen molar-refractivity contribution in [3.8, 4) is 5.75 Å². The van der Waals surface area contributed by atoms with E-state index in [0.29, 0.717) is 5.56 Å². The van der Waals surface area contributed by atoms with E-state index in [2.05, 4.69) is 5.32 Å². The van der Waals surface area contributed by atoms with E-state index >= 15 is 0 Å². The fourth-order valence-corrected chi connectivity index (χ4v) is 2.17. The minimum atomic E-state index is -0.0328. The van der Waals surface area contributed by atoms with E-state index in [1.165, 1.54) is 6.07 Å². The number of hydrogen-bond donors (Lipinski definition) is 2. The Morgan fingerprint density at radius 1 is 1.53 bits per heavy atom. The van der Waals surface area contributed by atoms with Crippen molar-refractivity contribution in [1.29, 1.82) is 0 Å². The number of likely N-dealkylation sites (N-methyl/N-ethyl adjacent to an activating group) is 1. The number of carbonyl (C=O) groups excluding carboxylic acids is 1. The summed E-state index contributed by atoms with van der Waals surface area (Å²) < 4.78 is 0. The second-order valence-electron chi connectivity index (χ2n) is 4.47. The number of nitrogens with zero attached hydrogens (tertiary/aromatic N) is 1. The Balaban J connectivity index is 2.08. The molecule has 0 saturated carbocycles. The topological polar surface area (TPSA) is 52.6 Å². The van der Waals surface area contributed by atoms with Crippen LogP contribution in [0.25, 0.3) is 0 Å². The van der Waals surface area contributed by atoms with Gasteiger partial charge in [-0.3, -0.25) is 4.79 Å². The maximum absolute atomic E-state index is 12.2. The van der Waals surface area contributed by atoms with E-state index in [0.717, 1.165) is 25.9 Å². The van der Waals surface area contributed by atoms with Crippen molar-refractivity contribution in [3.63, 3.8) is 0 Å². The number of nitrogens with one attached hydrogen (secondary N) is 1. The summed E-state index contributed by atoms with van der Waals surface area (Å²) in [5, 5.41) is 12.7. The van der Waals surface area contributed by atoms with Crippen LogP contribution in [-0.4, -0.2) is 42.1 Å². The molecule has 17 heavy (non-hydrogen) atoms. The van der Waals surface area contributed by atoms with Gasteiger partial charge in [0.15, 0.2) is 0 Å². The molecule has 1 fully saturated rings. The van der Waals surface area contributed by atoms with Crippen molar-refractivity contribution in [1.82, 2.24) is 10.2 Å². The summed E-state index contributed by atoms with van der Waals surface area (Å²) in [5.41, 5.74) is 0.540. The van der Waals surface area contributed by atoms with Crippen molar-refractivity contribution in [2.75, 3.05) is 20.1 Å². The van der Waals surface area contributed by atoms with Crippen molar-refractivity contribution < 1.29 is 9.90 Å². The first-order chi connectivity index (χ1) is 8.18. The Morgan fingerprint density at radius 2 is 2.35 bits per heavy atom. The molecule has 1 aromatic carbocycles. The van der Waals surface area contributed by atoms with Crippen molar-refractivity contribution in [3.05, 3.63) is 29.8 Å². The van der Waals surface area contributed by atoms with Gasteiger partial charge in [0.05, 0.1) is 0 Å². The molecule has 0 aliphatic carbocycles. The van der Waals surface area contributed by atoms with Gasteiger partial charge < -0.3 is 15.3 Å². The summed E-state index contributed by atoms with van der Waals surface area (Å²) in [6.45, 7) is 1.88. The molecule has 1 saturated heterocycles. The normalized spacial score (nSPS) is 19.9. The molecule has 1 aliphatic rings. The predicted octanol–water partition coefficient (Wildman–Crippen LogP) is 1.22. The van der Waals surface area contributed by atoms with Gasteiger partial charge in [-0.25, -0.2) is 0 Å². The van der Waals surface area contributed by atoms with Crippen LogP contribution < -0.4 is 5.32 Å². The minimum absolute atomic E-state index is 0.0328. The molecule has 0 radical (unpaired) electrons. The molecule has 1 heterocycles. The van der Waals surface area contributed by atoms with Gasteiger partial charge in [0.25, 0.3) is 5.91 Å². The van der Waals surface area contributed by atoms with E-state index in [9.17, 15) is 9.90 Å². The monoisotopic (exact) mass is 234 g/mol. The number of benzene rings is 1. The number of carbonyl (C=O) groups is 1. The van der Waals surface area contributed by atoms with Crippen molar-refractivity contribution in [2.24, 2.45) is 0 Å². The van der Waals surface area contributed by atoms with Gasteiger partial charge in [-0.2, -0.15) is 0 Å². The van der Waals surface area contributed by atoms with E-state index < -0.39 is 0 Å². The zero-order valence-corrected chi connectivity index (χ0v) is 10.0. The second-order valence-corrected chi connectivity index (χ2v) is 4.47. The minimum Gasteiger partial charge on any atom is -0.508 e. The lowest BCUT2D eigenvalue weighted by molar-refractivity contribution is 0.0708. The van der Waals surface area contributed by atoms with Crippen LogP contribution in [0.15, 0.2) is 24.3 Å². The molecule has 0 spiro atoms. The summed E-state index contributed by atoms with van der Waals surface area (Å²) in [4.78, 5) is 13.9. The van der Waals surface area contributed by atoms with Gasteiger partial charge >= 0.3 is 0 Å². The average molecular weight is 234 g/mol. The molecule has 0 aromatic heterocycles. The van der Waals surface area contributed by atoms with E-state index in [4.69, 9.17) is 0 Å². The molecule has 92 valence electrons. The van der Waals surface area contributed by atoms with Crippen molar-refractivity contribution in [2.45, 2.75) is 18.9 Å². The third kappa shape index (κ3) is 2.77. The second kappa shape index (κ2) is 5.19. The molecule has 1 aliphatic heterocycles. The third-order valence-corrected chi connectivity index (χ3v) is 3.23. The van der Waals surface area contributed by atoms with Gasteiger partial charge in [0.2, 0.25) is 0 Å². The smallest absolute Gasteiger partial charge is 0.254 e. The summed E-state index contributed by atoms with van der Waals surface area (Å²) in [6, 6.07) is 6.75. The Bertz CT molecular complexity index is 400. The highest BCUT2D eigenvalue weighted by Gasteiger charge is 2.22.